The van der Waals surface area contributed by atoms with Gasteiger partial charge >= 0.3 is 0 Å². The zero-order chi connectivity index (χ0) is 12.5. The lowest BCUT2D eigenvalue weighted by molar-refractivity contribution is 0.345. The standard InChI is InChI=1S/C13H23N3O/c1-10-11(12(17-4)16(3)15-10)9-14-13(2)7-5-6-8-13/h14H,5-9H2,1-4H3. The minimum absolute atomic E-state index is 0.299. The van der Waals surface area contributed by atoms with Gasteiger partial charge in [0.05, 0.1) is 18.4 Å². The second kappa shape index (κ2) is 4.69. The summed E-state index contributed by atoms with van der Waals surface area (Å²) in [7, 11) is 3.63. The molecule has 0 aliphatic heterocycles. The molecular weight excluding hydrogens is 214 g/mol. The molecule has 96 valence electrons. The summed E-state index contributed by atoms with van der Waals surface area (Å²) in [6, 6.07) is 0. The molecule has 4 heteroatoms. The number of hydrogen-bond donors (Lipinski definition) is 1. The van der Waals surface area contributed by atoms with Gasteiger partial charge in [0.1, 0.15) is 0 Å². The molecule has 2 rings (SSSR count). The zero-order valence-corrected chi connectivity index (χ0v) is 11.3. The normalized spacial score (nSPS) is 18.6. The van der Waals surface area contributed by atoms with Crippen molar-refractivity contribution in [2.45, 2.75) is 51.6 Å². The van der Waals surface area contributed by atoms with Crippen molar-refractivity contribution in [1.29, 1.82) is 0 Å². The number of nitrogens with zero attached hydrogens (tertiary/aromatic N) is 2. The summed E-state index contributed by atoms with van der Waals surface area (Å²) in [6.07, 6.45) is 5.22. The van der Waals surface area contributed by atoms with Gasteiger partial charge in [-0.3, -0.25) is 0 Å². The van der Waals surface area contributed by atoms with E-state index in [0.29, 0.717) is 5.54 Å². The highest BCUT2D eigenvalue weighted by Gasteiger charge is 2.28. The van der Waals surface area contributed by atoms with Crippen molar-refractivity contribution < 1.29 is 4.74 Å². The molecule has 0 radical (unpaired) electrons. The monoisotopic (exact) mass is 237 g/mol. The van der Waals surface area contributed by atoms with Crippen LogP contribution in [0.1, 0.15) is 43.9 Å². The molecule has 1 aliphatic rings. The van der Waals surface area contributed by atoms with Crippen LogP contribution in [0.15, 0.2) is 0 Å². The lowest BCUT2D eigenvalue weighted by atomic mass is 10.0. The highest BCUT2D eigenvalue weighted by Crippen LogP contribution is 2.30. The number of ether oxygens (including phenoxy) is 1. The van der Waals surface area contributed by atoms with E-state index in [-0.39, 0.29) is 0 Å². The SMILES string of the molecule is COc1c(CNC2(C)CCCC2)c(C)nn1C. The summed E-state index contributed by atoms with van der Waals surface area (Å²) < 4.78 is 7.21. The van der Waals surface area contributed by atoms with E-state index in [2.05, 4.69) is 17.3 Å². The molecule has 1 N–H and O–H groups in total. The second-order valence-electron chi connectivity index (χ2n) is 5.32. The van der Waals surface area contributed by atoms with E-state index in [1.807, 2.05) is 18.7 Å². The molecule has 0 spiro atoms. The first-order valence-corrected chi connectivity index (χ1v) is 6.37. The highest BCUT2D eigenvalue weighted by atomic mass is 16.5. The van der Waals surface area contributed by atoms with E-state index in [1.54, 1.807) is 7.11 Å². The first kappa shape index (κ1) is 12.4. The van der Waals surface area contributed by atoms with Crippen LogP contribution in [0.3, 0.4) is 0 Å². The Morgan fingerprint density at radius 3 is 2.65 bits per heavy atom. The van der Waals surface area contributed by atoms with Crippen molar-refractivity contribution in [1.82, 2.24) is 15.1 Å². The molecule has 1 aromatic heterocycles. The smallest absolute Gasteiger partial charge is 0.216 e. The van der Waals surface area contributed by atoms with Gasteiger partial charge in [-0.1, -0.05) is 12.8 Å². The average Bonchev–Trinajstić information content (AvgIpc) is 2.81. The first-order chi connectivity index (χ1) is 8.06. The maximum Gasteiger partial charge on any atom is 0.216 e. The van der Waals surface area contributed by atoms with Crippen LogP contribution in [0, 0.1) is 6.92 Å². The van der Waals surface area contributed by atoms with E-state index >= 15 is 0 Å². The Labute approximate surface area is 103 Å². The van der Waals surface area contributed by atoms with Gasteiger partial charge in [0.25, 0.3) is 0 Å². The third-order valence-corrected chi connectivity index (χ3v) is 3.88. The van der Waals surface area contributed by atoms with Gasteiger partial charge < -0.3 is 10.1 Å². The number of nitrogens with one attached hydrogen (secondary N) is 1. The molecule has 1 fully saturated rings. The largest absolute Gasteiger partial charge is 0.481 e. The Morgan fingerprint density at radius 2 is 2.06 bits per heavy atom. The predicted octanol–water partition coefficient (Wildman–Crippen LogP) is 2.16. The molecule has 17 heavy (non-hydrogen) atoms. The number of aryl methyl sites for hydroxylation is 2. The molecule has 4 nitrogen and oxygen atoms in total. The molecule has 0 aromatic carbocycles. The molecule has 0 saturated heterocycles. The fourth-order valence-corrected chi connectivity index (χ4v) is 2.77. The van der Waals surface area contributed by atoms with Crippen LogP contribution in [0.5, 0.6) is 5.88 Å². The molecule has 1 saturated carbocycles. The van der Waals surface area contributed by atoms with Gasteiger partial charge in [-0.05, 0) is 26.7 Å². The number of methoxy groups -OCH3 is 1. The van der Waals surface area contributed by atoms with Gasteiger partial charge in [0.15, 0.2) is 0 Å². The van der Waals surface area contributed by atoms with Crippen molar-refractivity contribution in [2.75, 3.05) is 7.11 Å². The van der Waals surface area contributed by atoms with Crippen molar-refractivity contribution in [2.24, 2.45) is 7.05 Å². The summed E-state index contributed by atoms with van der Waals surface area (Å²) in [5.74, 6) is 0.872. The van der Waals surface area contributed by atoms with Gasteiger partial charge in [-0.2, -0.15) is 5.10 Å². The van der Waals surface area contributed by atoms with Gasteiger partial charge in [0, 0.05) is 19.1 Å². The Morgan fingerprint density at radius 1 is 1.41 bits per heavy atom. The Bertz CT molecular complexity index is 392. The first-order valence-electron chi connectivity index (χ1n) is 6.37. The van der Waals surface area contributed by atoms with Crippen LogP contribution in [-0.2, 0) is 13.6 Å². The van der Waals surface area contributed by atoms with Crippen molar-refractivity contribution >= 4 is 0 Å². The second-order valence-corrected chi connectivity index (χ2v) is 5.32. The number of aromatic nitrogens is 2. The van der Waals surface area contributed by atoms with Gasteiger partial charge in [0.2, 0.25) is 5.88 Å². The fourth-order valence-electron chi connectivity index (χ4n) is 2.77. The topological polar surface area (TPSA) is 39.1 Å². The number of hydrogen-bond acceptors (Lipinski definition) is 3. The summed E-state index contributed by atoms with van der Waals surface area (Å²) in [4.78, 5) is 0. The van der Waals surface area contributed by atoms with Crippen LogP contribution in [0.4, 0.5) is 0 Å². The molecule has 1 heterocycles. The maximum atomic E-state index is 5.41. The highest BCUT2D eigenvalue weighted by molar-refractivity contribution is 5.30. The third kappa shape index (κ3) is 2.46. The lowest BCUT2D eigenvalue weighted by Gasteiger charge is -2.25. The Balaban J connectivity index is 2.08. The molecule has 1 aliphatic carbocycles. The van der Waals surface area contributed by atoms with E-state index in [0.717, 1.165) is 18.1 Å². The molecule has 0 amide bonds. The molecule has 0 atom stereocenters. The quantitative estimate of drug-likeness (QED) is 0.872. The summed E-state index contributed by atoms with van der Waals surface area (Å²) >= 11 is 0. The Kier molecular flexibility index (Phi) is 3.43. The summed E-state index contributed by atoms with van der Waals surface area (Å²) in [6.45, 7) is 5.20. The van der Waals surface area contributed by atoms with Crippen LogP contribution in [-0.4, -0.2) is 22.4 Å². The average molecular weight is 237 g/mol. The van der Waals surface area contributed by atoms with Crippen LogP contribution < -0.4 is 10.1 Å². The fraction of sp³-hybridized carbons (Fsp3) is 0.769. The zero-order valence-electron chi connectivity index (χ0n) is 11.3. The van der Waals surface area contributed by atoms with Crippen LogP contribution in [0.2, 0.25) is 0 Å². The molecule has 0 bridgehead atoms. The van der Waals surface area contributed by atoms with E-state index in [1.165, 1.54) is 31.2 Å². The van der Waals surface area contributed by atoms with Gasteiger partial charge in [-0.15, -0.1) is 0 Å². The Hall–Kier alpha value is -1.03. The minimum atomic E-state index is 0.299. The predicted molar refractivity (Wildman–Crippen MR) is 68.2 cm³/mol. The maximum absolute atomic E-state index is 5.41. The summed E-state index contributed by atoms with van der Waals surface area (Å²) in [5.41, 5.74) is 2.54. The van der Waals surface area contributed by atoms with E-state index in [9.17, 15) is 0 Å². The number of rotatable bonds is 4. The van der Waals surface area contributed by atoms with E-state index in [4.69, 9.17) is 4.74 Å². The van der Waals surface area contributed by atoms with Crippen molar-refractivity contribution in [3.8, 4) is 5.88 Å². The summed E-state index contributed by atoms with van der Waals surface area (Å²) in [5, 5.41) is 8.07. The molecular formula is C13H23N3O. The lowest BCUT2D eigenvalue weighted by Crippen LogP contribution is -2.38. The molecule has 1 aromatic rings. The van der Waals surface area contributed by atoms with Crippen molar-refractivity contribution in [3.05, 3.63) is 11.3 Å². The molecule has 0 unspecified atom stereocenters. The van der Waals surface area contributed by atoms with Crippen molar-refractivity contribution in [3.63, 3.8) is 0 Å². The van der Waals surface area contributed by atoms with Gasteiger partial charge in [-0.25, -0.2) is 4.68 Å². The van der Waals surface area contributed by atoms with E-state index < -0.39 is 0 Å². The van der Waals surface area contributed by atoms with Crippen LogP contribution in [0.25, 0.3) is 0 Å². The van der Waals surface area contributed by atoms with Crippen LogP contribution >= 0.6 is 0 Å². The minimum Gasteiger partial charge on any atom is -0.481 e. The third-order valence-electron chi connectivity index (χ3n) is 3.88.